The molecular formula is C16H26N2O2. The van der Waals surface area contributed by atoms with Gasteiger partial charge in [-0.3, -0.25) is 4.79 Å². The van der Waals surface area contributed by atoms with E-state index < -0.39 is 0 Å². The van der Waals surface area contributed by atoms with E-state index in [1.807, 2.05) is 31.2 Å². The van der Waals surface area contributed by atoms with E-state index in [-0.39, 0.29) is 11.9 Å². The molecule has 1 atom stereocenters. The Labute approximate surface area is 121 Å². The summed E-state index contributed by atoms with van der Waals surface area (Å²) in [5.74, 6) is 0.915. The third-order valence-electron chi connectivity index (χ3n) is 3.33. The standard InChI is InChI=1S/C16H26N2O2/c1-13(14-8-7-9-15(12-14)20-2)18-16(19)10-5-3-4-6-11-17/h7-9,12-13H,3-6,10-11,17H2,1-2H3,(H,18,19)/t13-/m1/s1. The van der Waals surface area contributed by atoms with E-state index >= 15 is 0 Å². The molecule has 0 aliphatic rings. The normalized spacial score (nSPS) is 11.9. The zero-order valence-corrected chi connectivity index (χ0v) is 12.5. The summed E-state index contributed by atoms with van der Waals surface area (Å²) in [6.07, 6.45) is 4.73. The Morgan fingerprint density at radius 3 is 2.75 bits per heavy atom. The van der Waals surface area contributed by atoms with Crippen LogP contribution < -0.4 is 15.8 Å². The molecule has 4 heteroatoms. The van der Waals surface area contributed by atoms with Crippen molar-refractivity contribution in [2.75, 3.05) is 13.7 Å². The average molecular weight is 278 g/mol. The Bertz CT molecular complexity index is 407. The van der Waals surface area contributed by atoms with Gasteiger partial charge >= 0.3 is 0 Å². The van der Waals surface area contributed by atoms with Crippen LogP contribution in [0.3, 0.4) is 0 Å². The van der Waals surface area contributed by atoms with Crippen LogP contribution in [0.1, 0.15) is 50.6 Å². The van der Waals surface area contributed by atoms with Crippen molar-refractivity contribution in [3.05, 3.63) is 29.8 Å². The number of hydrogen-bond acceptors (Lipinski definition) is 3. The second-order valence-corrected chi connectivity index (χ2v) is 5.02. The first kappa shape index (κ1) is 16.5. The maximum atomic E-state index is 11.8. The Kier molecular flexibility index (Phi) is 7.73. The second-order valence-electron chi connectivity index (χ2n) is 5.02. The van der Waals surface area contributed by atoms with E-state index in [1.54, 1.807) is 7.11 Å². The van der Waals surface area contributed by atoms with Crippen molar-refractivity contribution in [2.24, 2.45) is 5.73 Å². The van der Waals surface area contributed by atoms with Gasteiger partial charge < -0.3 is 15.8 Å². The lowest BCUT2D eigenvalue weighted by atomic mass is 10.1. The first-order valence-electron chi connectivity index (χ1n) is 7.30. The highest BCUT2D eigenvalue weighted by atomic mass is 16.5. The van der Waals surface area contributed by atoms with Gasteiger partial charge in [0.2, 0.25) is 5.91 Å². The Morgan fingerprint density at radius 1 is 1.30 bits per heavy atom. The molecule has 0 aromatic heterocycles. The molecule has 1 rings (SSSR count). The van der Waals surface area contributed by atoms with E-state index in [0.717, 1.165) is 43.5 Å². The number of ether oxygens (including phenoxy) is 1. The number of nitrogens with one attached hydrogen (secondary N) is 1. The van der Waals surface area contributed by atoms with E-state index in [1.165, 1.54) is 0 Å². The molecule has 1 aromatic carbocycles. The lowest BCUT2D eigenvalue weighted by molar-refractivity contribution is -0.121. The summed E-state index contributed by atoms with van der Waals surface area (Å²) in [5, 5.41) is 3.02. The molecule has 0 fully saturated rings. The molecule has 0 saturated carbocycles. The van der Waals surface area contributed by atoms with Crippen LogP contribution in [-0.4, -0.2) is 19.6 Å². The van der Waals surface area contributed by atoms with E-state index in [4.69, 9.17) is 10.5 Å². The third kappa shape index (κ3) is 6.06. The molecule has 20 heavy (non-hydrogen) atoms. The number of nitrogens with two attached hydrogens (primary N) is 1. The molecule has 0 spiro atoms. The number of carbonyl (C=O) groups excluding carboxylic acids is 1. The minimum atomic E-state index is 0.00152. The largest absolute Gasteiger partial charge is 0.497 e. The lowest BCUT2D eigenvalue weighted by Crippen LogP contribution is -2.26. The SMILES string of the molecule is COc1cccc([C@@H](C)NC(=O)CCCCCCN)c1. The number of carbonyl (C=O) groups is 1. The summed E-state index contributed by atoms with van der Waals surface area (Å²) < 4.78 is 5.19. The van der Waals surface area contributed by atoms with Crippen molar-refractivity contribution in [2.45, 2.75) is 45.1 Å². The molecule has 0 radical (unpaired) electrons. The van der Waals surface area contributed by atoms with Crippen molar-refractivity contribution in [3.8, 4) is 5.75 Å². The van der Waals surface area contributed by atoms with Gasteiger partial charge in [0.05, 0.1) is 13.2 Å². The van der Waals surface area contributed by atoms with Gasteiger partial charge in [0.25, 0.3) is 0 Å². The summed E-state index contributed by atoms with van der Waals surface area (Å²) in [7, 11) is 1.64. The van der Waals surface area contributed by atoms with Gasteiger partial charge in [-0.25, -0.2) is 0 Å². The van der Waals surface area contributed by atoms with Crippen molar-refractivity contribution in [1.29, 1.82) is 0 Å². The number of amides is 1. The molecule has 0 aliphatic carbocycles. The smallest absolute Gasteiger partial charge is 0.220 e. The second kappa shape index (κ2) is 9.37. The number of unbranched alkanes of at least 4 members (excludes halogenated alkanes) is 3. The van der Waals surface area contributed by atoms with E-state index in [9.17, 15) is 4.79 Å². The van der Waals surface area contributed by atoms with Gasteiger partial charge in [-0.15, -0.1) is 0 Å². The number of benzene rings is 1. The first-order valence-corrected chi connectivity index (χ1v) is 7.30. The zero-order chi connectivity index (χ0) is 14.8. The van der Waals surface area contributed by atoms with Crippen molar-refractivity contribution >= 4 is 5.91 Å². The molecule has 112 valence electrons. The topological polar surface area (TPSA) is 64.3 Å². The first-order chi connectivity index (χ1) is 9.67. The van der Waals surface area contributed by atoms with Crippen LogP contribution in [0.15, 0.2) is 24.3 Å². The molecule has 0 saturated heterocycles. The van der Waals surface area contributed by atoms with Gasteiger partial charge in [0.15, 0.2) is 0 Å². The number of methoxy groups -OCH3 is 1. The fourth-order valence-electron chi connectivity index (χ4n) is 2.09. The van der Waals surface area contributed by atoms with Gasteiger partial charge in [-0.1, -0.05) is 25.0 Å². The summed E-state index contributed by atoms with van der Waals surface area (Å²) in [4.78, 5) is 11.8. The number of hydrogen-bond donors (Lipinski definition) is 2. The summed E-state index contributed by atoms with van der Waals surface area (Å²) in [6, 6.07) is 7.78. The van der Waals surface area contributed by atoms with Crippen LogP contribution in [0.4, 0.5) is 0 Å². The van der Waals surface area contributed by atoms with E-state index in [0.29, 0.717) is 6.42 Å². The van der Waals surface area contributed by atoms with Crippen LogP contribution in [0.2, 0.25) is 0 Å². The van der Waals surface area contributed by atoms with Gasteiger partial charge in [-0.2, -0.15) is 0 Å². The minimum Gasteiger partial charge on any atom is -0.497 e. The molecule has 0 bridgehead atoms. The highest BCUT2D eigenvalue weighted by Crippen LogP contribution is 2.18. The van der Waals surface area contributed by atoms with Crippen LogP contribution in [-0.2, 0) is 4.79 Å². The molecule has 1 amide bonds. The molecule has 1 aromatic rings. The maximum absolute atomic E-state index is 11.8. The quantitative estimate of drug-likeness (QED) is 0.683. The van der Waals surface area contributed by atoms with Crippen LogP contribution >= 0.6 is 0 Å². The van der Waals surface area contributed by atoms with Gasteiger partial charge in [0, 0.05) is 6.42 Å². The molecule has 3 N–H and O–H groups in total. The molecular weight excluding hydrogens is 252 g/mol. The molecule has 0 aliphatic heterocycles. The Hall–Kier alpha value is -1.55. The lowest BCUT2D eigenvalue weighted by Gasteiger charge is -2.15. The molecule has 4 nitrogen and oxygen atoms in total. The predicted molar refractivity (Wildman–Crippen MR) is 81.7 cm³/mol. The van der Waals surface area contributed by atoms with Crippen LogP contribution in [0, 0.1) is 0 Å². The van der Waals surface area contributed by atoms with Gasteiger partial charge in [-0.05, 0) is 44.0 Å². The maximum Gasteiger partial charge on any atom is 0.220 e. The van der Waals surface area contributed by atoms with Gasteiger partial charge in [0.1, 0.15) is 5.75 Å². The summed E-state index contributed by atoms with van der Waals surface area (Å²) in [6.45, 7) is 2.72. The molecule has 0 heterocycles. The van der Waals surface area contributed by atoms with E-state index in [2.05, 4.69) is 5.32 Å². The highest BCUT2D eigenvalue weighted by molar-refractivity contribution is 5.76. The monoisotopic (exact) mass is 278 g/mol. The van der Waals surface area contributed by atoms with Crippen molar-refractivity contribution < 1.29 is 9.53 Å². The van der Waals surface area contributed by atoms with Crippen molar-refractivity contribution in [3.63, 3.8) is 0 Å². The fourth-order valence-corrected chi connectivity index (χ4v) is 2.09. The average Bonchev–Trinajstić information content (AvgIpc) is 2.47. The summed E-state index contributed by atoms with van der Waals surface area (Å²) in [5.41, 5.74) is 6.49. The third-order valence-corrected chi connectivity index (χ3v) is 3.33. The number of rotatable bonds is 9. The highest BCUT2D eigenvalue weighted by Gasteiger charge is 2.09. The Morgan fingerprint density at radius 2 is 2.05 bits per heavy atom. The minimum absolute atomic E-state index is 0.00152. The fraction of sp³-hybridized carbons (Fsp3) is 0.562. The molecule has 0 unspecified atom stereocenters. The van der Waals surface area contributed by atoms with Crippen LogP contribution in [0.25, 0.3) is 0 Å². The predicted octanol–water partition coefficient (Wildman–Crippen LogP) is 2.78. The van der Waals surface area contributed by atoms with Crippen LogP contribution in [0.5, 0.6) is 5.75 Å². The summed E-state index contributed by atoms with van der Waals surface area (Å²) >= 11 is 0. The Balaban J connectivity index is 2.33. The van der Waals surface area contributed by atoms with Crippen molar-refractivity contribution in [1.82, 2.24) is 5.32 Å². The zero-order valence-electron chi connectivity index (χ0n) is 12.5.